The van der Waals surface area contributed by atoms with Gasteiger partial charge in [-0.15, -0.1) is 0 Å². The van der Waals surface area contributed by atoms with E-state index in [0.717, 1.165) is 0 Å². The SMILES string of the molecule is COc1c(OC2CC(C(=O)O)C2)cccc1-c1cc(=O)c2cccc(Cl)c2o1. The summed E-state index contributed by atoms with van der Waals surface area (Å²) in [6.45, 7) is 0. The van der Waals surface area contributed by atoms with Crippen LogP contribution in [0.5, 0.6) is 11.5 Å². The van der Waals surface area contributed by atoms with E-state index in [1.165, 1.54) is 13.2 Å². The quantitative estimate of drug-likeness (QED) is 0.684. The molecule has 1 aliphatic carbocycles. The maximum atomic E-state index is 12.5. The van der Waals surface area contributed by atoms with Gasteiger partial charge in [-0.3, -0.25) is 9.59 Å². The van der Waals surface area contributed by atoms with E-state index >= 15 is 0 Å². The van der Waals surface area contributed by atoms with Crippen LogP contribution in [0.3, 0.4) is 0 Å². The molecule has 1 saturated carbocycles. The Bertz CT molecular complexity index is 1110. The Hall–Kier alpha value is -2.99. The molecule has 1 aromatic heterocycles. The second-order valence-corrected chi connectivity index (χ2v) is 7.08. The monoisotopic (exact) mass is 400 g/mol. The summed E-state index contributed by atoms with van der Waals surface area (Å²) in [5.74, 6) is 0.00621. The molecule has 7 heteroatoms. The number of rotatable bonds is 5. The number of fused-ring (bicyclic) bond motifs is 1. The standard InChI is InChI=1S/C21H17ClO6/c1-26-20-14(5-3-7-17(20)27-12-8-11(9-12)21(24)25)18-10-16(23)13-4-2-6-15(22)19(13)28-18/h2-7,10-12H,8-9H2,1H3,(H,24,25). The molecule has 28 heavy (non-hydrogen) atoms. The van der Waals surface area contributed by atoms with Gasteiger partial charge in [0.05, 0.1) is 29.0 Å². The molecular weight excluding hydrogens is 384 g/mol. The summed E-state index contributed by atoms with van der Waals surface area (Å²) >= 11 is 6.19. The Morgan fingerprint density at radius 3 is 2.68 bits per heavy atom. The number of benzene rings is 2. The summed E-state index contributed by atoms with van der Waals surface area (Å²) in [5.41, 5.74) is 0.645. The van der Waals surface area contributed by atoms with Crippen molar-refractivity contribution in [1.29, 1.82) is 0 Å². The highest BCUT2D eigenvalue weighted by atomic mass is 35.5. The molecule has 0 aliphatic heterocycles. The van der Waals surface area contributed by atoms with Crippen molar-refractivity contribution in [1.82, 2.24) is 0 Å². The predicted molar refractivity (Wildman–Crippen MR) is 104 cm³/mol. The van der Waals surface area contributed by atoms with Gasteiger partial charge in [0, 0.05) is 6.07 Å². The molecule has 0 atom stereocenters. The lowest BCUT2D eigenvalue weighted by Crippen LogP contribution is -2.38. The Morgan fingerprint density at radius 1 is 1.21 bits per heavy atom. The lowest BCUT2D eigenvalue weighted by atomic mass is 9.82. The largest absolute Gasteiger partial charge is 0.492 e. The van der Waals surface area contributed by atoms with Gasteiger partial charge in [-0.25, -0.2) is 0 Å². The van der Waals surface area contributed by atoms with Crippen molar-refractivity contribution in [3.8, 4) is 22.8 Å². The van der Waals surface area contributed by atoms with Crippen LogP contribution in [0.4, 0.5) is 0 Å². The van der Waals surface area contributed by atoms with E-state index in [-0.39, 0.29) is 17.5 Å². The number of hydrogen-bond acceptors (Lipinski definition) is 5. The van der Waals surface area contributed by atoms with Crippen LogP contribution in [0, 0.1) is 5.92 Å². The summed E-state index contributed by atoms with van der Waals surface area (Å²) in [6, 6.07) is 11.7. The van der Waals surface area contributed by atoms with Gasteiger partial charge in [-0.05, 0) is 37.1 Å². The van der Waals surface area contributed by atoms with Crippen molar-refractivity contribution < 1.29 is 23.8 Å². The third-order valence-corrected chi connectivity index (χ3v) is 5.19. The lowest BCUT2D eigenvalue weighted by molar-refractivity contribution is -0.147. The molecule has 0 unspecified atom stereocenters. The van der Waals surface area contributed by atoms with Gasteiger partial charge in [-0.1, -0.05) is 23.7 Å². The number of carbonyl (C=O) groups is 1. The van der Waals surface area contributed by atoms with Crippen LogP contribution in [0.2, 0.25) is 5.02 Å². The van der Waals surface area contributed by atoms with E-state index in [9.17, 15) is 9.59 Å². The molecule has 0 amide bonds. The highest BCUT2D eigenvalue weighted by Gasteiger charge is 2.36. The van der Waals surface area contributed by atoms with E-state index < -0.39 is 5.97 Å². The molecule has 0 saturated heterocycles. The van der Waals surface area contributed by atoms with Crippen LogP contribution >= 0.6 is 11.6 Å². The number of carboxylic acids is 1. The first kappa shape index (κ1) is 18.4. The fraction of sp³-hybridized carbons (Fsp3) is 0.238. The molecule has 144 valence electrons. The van der Waals surface area contributed by atoms with Crippen LogP contribution in [-0.2, 0) is 4.79 Å². The molecule has 1 fully saturated rings. The normalized spacial score (nSPS) is 18.5. The van der Waals surface area contributed by atoms with Crippen molar-refractivity contribution in [2.45, 2.75) is 18.9 Å². The average Bonchev–Trinajstić information content (AvgIpc) is 2.64. The fourth-order valence-electron chi connectivity index (χ4n) is 3.33. The van der Waals surface area contributed by atoms with Gasteiger partial charge in [0.25, 0.3) is 0 Å². The maximum absolute atomic E-state index is 12.5. The fourth-order valence-corrected chi connectivity index (χ4v) is 3.54. The van der Waals surface area contributed by atoms with Crippen molar-refractivity contribution in [3.05, 3.63) is 57.7 Å². The van der Waals surface area contributed by atoms with E-state index in [2.05, 4.69) is 0 Å². The highest BCUT2D eigenvalue weighted by molar-refractivity contribution is 6.34. The van der Waals surface area contributed by atoms with E-state index in [0.29, 0.717) is 51.7 Å². The van der Waals surface area contributed by atoms with Gasteiger partial charge >= 0.3 is 5.97 Å². The van der Waals surface area contributed by atoms with E-state index in [1.807, 2.05) is 0 Å². The topological polar surface area (TPSA) is 86.0 Å². The Balaban J connectivity index is 1.73. The molecule has 6 nitrogen and oxygen atoms in total. The van der Waals surface area contributed by atoms with Crippen molar-refractivity contribution in [2.75, 3.05) is 7.11 Å². The Morgan fingerprint density at radius 2 is 1.96 bits per heavy atom. The molecule has 1 N–H and O–H groups in total. The predicted octanol–water partition coefficient (Wildman–Crippen LogP) is 4.36. The molecule has 4 rings (SSSR count). The second-order valence-electron chi connectivity index (χ2n) is 6.67. The molecule has 0 bridgehead atoms. The molecule has 1 aliphatic rings. The van der Waals surface area contributed by atoms with Gasteiger partial charge in [0.15, 0.2) is 22.5 Å². The molecule has 2 aromatic carbocycles. The minimum absolute atomic E-state index is 0.191. The van der Waals surface area contributed by atoms with Crippen LogP contribution in [0.15, 0.2) is 51.7 Å². The van der Waals surface area contributed by atoms with Crippen LogP contribution < -0.4 is 14.9 Å². The minimum Gasteiger partial charge on any atom is -0.492 e. The maximum Gasteiger partial charge on any atom is 0.306 e. The molecular formula is C21H17ClO6. The van der Waals surface area contributed by atoms with Gasteiger partial charge < -0.3 is 19.0 Å². The number of carboxylic acid groups (broad SMARTS) is 1. The summed E-state index contributed by atoms with van der Waals surface area (Å²) in [7, 11) is 1.50. The molecule has 0 radical (unpaired) electrons. The van der Waals surface area contributed by atoms with Crippen molar-refractivity contribution >= 4 is 28.5 Å². The van der Waals surface area contributed by atoms with Crippen molar-refractivity contribution in [3.63, 3.8) is 0 Å². The molecule has 3 aromatic rings. The lowest BCUT2D eigenvalue weighted by Gasteiger charge is -2.33. The van der Waals surface area contributed by atoms with Gasteiger partial charge in [0.1, 0.15) is 11.9 Å². The average molecular weight is 401 g/mol. The highest BCUT2D eigenvalue weighted by Crippen LogP contribution is 2.41. The van der Waals surface area contributed by atoms with E-state index in [4.69, 9.17) is 30.6 Å². The summed E-state index contributed by atoms with van der Waals surface area (Å²) in [4.78, 5) is 23.5. The third kappa shape index (κ3) is 3.20. The number of ether oxygens (including phenoxy) is 2. The Kier molecular flexibility index (Phi) is 4.73. The minimum atomic E-state index is -0.810. The van der Waals surface area contributed by atoms with Crippen LogP contribution in [-0.4, -0.2) is 24.3 Å². The number of hydrogen-bond donors (Lipinski definition) is 1. The van der Waals surface area contributed by atoms with E-state index in [1.54, 1.807) is 36.4 Å². The zero-order chi connectivity index (χ0) is 19.8. The number of para-hydroxylation sites is 2. The van der Waals surface area contributed by atoms with Crippen LogP contribution in [0.25, 0.3) is 22.3 Å². The summed E-state index contributed by atoms with van der Waals surface area (Å²) in [5, 5.41) is 9.76. The summed E-state index contributed by atoms with van der Waals surface area (Å²) in [6.07, 6.45) is 0.704. The number of methoxy groups -OCH3 is 1. The first-order valence-corrected chi connectivity index (χ1v) is 9.15. The number of aliphatic carboxylic acids is 1. The summed E-state index contributed by atoms with van der Waals surface area (Å²) < 4.78 is 17.3. The Labute approximate surface area is 165 Å². The smallest absolute Gasteiger partial charge is 0.306 e. The number of halogens is 1. The van der Waals surface area contributed by atoms with Gasteiger partial charge in [-0.2, -0.15) is 0 Å². The first-order chi connectivity index (χ1) is 13.5. The van der Waals surface area contributed by atoms with Crippen molar-refractivity contribution in [2.24, 2.45) is 5.92 Å². The molecule has 0 spiro atoms. The second kappa shape index (κ2) is 7.20. The zero-order valence-electron chi connectivity index (χ0n) is 15.0. The van der Waals surface area contributed by atoms with Gasteiger partial charge in [0.2, 0.25) is 0 Å². The van der Waals surface area contributed by atoms with Crippen LogP contribution in [0.1, 0.15) is 12.8 Å². The first-order valence-electron chi connectivity index (χ1n) is 8.77. The zero-order valence-corrected chi connectivity index (χ0v) is 15.7. The molecule has 1 heterocycles. The third-order valence-electron chi connectivity index (χ3n) is 4.89.